The second kappa shape index (κ2) is 5.72. The van der Waals surface area contributed by atoms with Crippen LogP contribution in [0, 0.1) is 0 Å². The normalized spacial score (nSPS) is 17.4. The molecule has 19 heavy (non-hydrogen) atoms. The van der Waals surface area contributed by atoms with Crippen molar-refractivity contribution in [1.82, 2.24) is 4.90 Å². The summed E-state index contributed by atoms with van der Waals surface area (Å²) in [4.78, 5) is 14.6. The molecule has 1 aliphatic rings. The SMILES string of the molecule is CC(C)(C(=O)Cc1cccc(O)c1)N1CCOCC1. The van der Waals surface area contributed by atoms with E-state index in [1.807, 2.05) is 19.9 Å². The molecule has 0 radical (unpaired) electrons. The van der Waals surface area contributed by atoms with Gasteiger partial charge in [-0.1, -0.05) is 12.1 Å². The lowest BCUT2D eigenvalue weighted by molar-refractivity contribution is -0.131. The number of morpholine rings is 1. The summed E-state index contributed by atoms with van der Waals surface area (Å²) in [6.45, 7) is 6.87. The van der Waals surface area contributed by atoms with Crippen molar-refractivity contribution in [3.8, 4) is 5.75 Å². The summed E-state index contributed by atoms with van der Waals surface area (Å²) in [7, 11) is 0. The average Bonchev–Trinajstić information content (AvgIpc) is 2.39. The van der Waals surface area contributed by atoms with Crippen LogP contribution in [0.1, 0.15) is 19.4 Å². The van der Waals surface area contributed by atoms with Gasteiger partial charge in [-0.25, -0.2) is 0 Å². The highest BCUT2D eigenvalue weighted by molar-refractivity contribution is 5.89. The van der Waals surface area contributed by atoms with Crippen molar-refractivity contribution in [3.05, 3.63) is 29.8 Å². The van der Waals surface area contributed by atoms with E-state index >= 15 is 0 Å². The lowest BCUT2D eigenvalue weighted by Gasteiger charge is -2.39. The molecule has 0 amide bonds. The molecular formula is C15H21NO3. The molecule has 1 aromatic carbocycles. The van der Waals surface area contributed by atoms with Crippen molar-refractivity contribution in [2.24, 2.45) is 0 Å². The number of benzene rings is 1. The number of hydrogen-bond donors (Lipinski definition) is 1. The molecule has 2 rings (SSSR count). The first-order valence-electron chi connectivity index (χ1n) is 6.64. The van der Waals surface area contributed by atoms with E-state index in [1.54, 1.807) is 18.2 Å². The Morgan fingerprint density at radius 2 is 2.05 bits per heavy atom. The zero-order chi connectivity index (χ0) is 13.9. The first-order chi connectivity index (χ1) is 9.00. The summed E-state index contributed by atoms with van der Waals surface area (Å²) >= 11 is 0. The van der Waals surface area contributed by atoms with Crippen LogP contribution in [0.15, 0.2) is 24.3 Å². The van der Waals surface area contributed by atoms with Gasteiger partial charge in [-0.2, -0.15) is 0 Å². The Kier molecular flexibility index (Phi) is 4.22. The Balaban J connectivity index is 2.05. The van der Waals surface area contributed by atoms with Gasteiger partial charge in [0.1, 0.15) is 5.75 Å². The maximum atomic E-state index is 12.5. The molecule has 0 atom stereocenters. The number of ether oxygens (including phenoxy) is 1. The second-order valence-corrected chi connectivity index (χ2v) is 5.43. The molecule has 1 saturated heterocycles. The van der Waals surface area contributed by atoms with Gasteiger partial charge in [0.25, 0.3) is 0 Å². The zero-order valence-electron chi connectivity index (χ0n) is 11.6. The first-order valence-corrected chi connectivity index (χ1v) is 6.64. The highest BCUT2D eigenvalue weighted by Crippen LogP contribution is 2.21. The number of nitrogens with zero attached hydrogens (tertiary/aromatic N) is 1. The van der Waals surface area contributed by atoms with Crippen LogP contribution in [-0.4, -0.2) is 47.6 Å². The van der Waals surface area contributed by atoms with E-state index in [0.29, 0.717) is 19.6 Å². The molecule has 0 bridgehead atoms. The van der Waals surface area contributed by atoms with Gasteiger partial charge in [0.15, 0.2) is 5.78 Å². The van der Waals surface area contributed by atoms with Crippen LogP contribution in [0.2, 0.25) is 0 Å². The molecule has 104 valence electrons. The van der Waals surface area contributed by atoms with E-state index < -0.39 is 5.54 Å². The molecule has 1 heterocycles. The molecule has 4 heteroatoms. The summed E-state index contributed by atoms with van der Waals surface area (Å²) in [5.74, 6) is 0.370. The number of phenols is 1. The quantitative estimate of drug-likeness (QED) is 0.896. The number of aromatic hydroxyl groups is 1. The first kappa shape index (κ1) is 14.0. The molecule has 0 aromatic heterocycles. The number of rotatable bonds is 4. The van der Waals surface area contributed by atoms with Gasteiger partial charge >= 0.3 is 0 Å². The largest absolute Gasteiger partial charge is 0.508 e. The third-order valence-electron chi connectivity index (χ3n) is 3.76. The summed E-state index contributed by atoms with van der Waals surface area (Å²) < 4.78 is 5.32. The molecule has 0 unspecified atom stereocenters. The summed E-state index contributed by atoms with van der Waals surface area (Å²) in [6, 6.07) is 6.89. The molecule has 1 fully saturated rings. The van der Waals surface area contributed by atoms with Crippen molar-refractivity contribution >= 4 is 5.78 Å². The van der Waals surface area contributed by atoms with Crippen LogP contribution in [-0.2, 0) is 16.0 Å². The summed E-state index contributed by atoms with van der Waals surface area (Å²) in [6.07, 6.45) is 0.346. The van der Waals surface area contributed by atoms with Crippen molar-refractivity contribution in [1.29, 1.82) is 0 Å². The van der Waals surface area contributed by atoms with Gasteiger partial charge in [0.2, 0.25) is 0 Å². The third-order valence-corrected chi connectivity index (χ3v) is 3.76. The number of phenolic OH excluding ortho intramolecular Hbond substituents is 1. The van der Waals surface area contributed by atoms with E-state index in [-0.39, 0.29) is 11.5 Å². The Morgan fingerprint density at radius 3 is 2.68 bits per heavy atom. The Hall–Kier alpha value is -1.39. The fourth-order valence-corrected chi connectivity index (χ4v) is 2.37. The maximum absolute atomic E-state index is 12.5. The zero-order valence-corrected chi connectivity index (χ0v) is 11.6. The monoisotopic (exact) mass is 263 g/mol. The number of carbonyl (C=O) groups is 1. The number of Topliss-reactive ketones (excluding diaryl/α,β-unsaturated/α-hetero) is 1. The highest BCUT2D eigenvalue weighted by atomic mass is 16.5. The van der Waals surface area contributed by atoms with Gasteiger partial charge in [-0.15, -0.1) is 0 Å². The summed E-state index contributed by atoms with van der Waals surface area (Å²) in [5, 5.41) is 9.44. The third kappa shape index (κ3) is 3.33. The minimum atomic E-state index is -0.491. The predicted octanol–water partition coefficient (Wildman–Crippen LogP) is 1.61. The molecule has 0 saturated carbocycles. The fourth-order valence-electron chi connectivity index (χ4n) is 2.37. The highest BCUT2D eigenvalue weighted by Gasteiger charge is 2.34. The standard InChI is InChI=1S/C15H21NO3/c1-15(2,16-6-8-19-9-7-16)14(18)11-12-4-3-5-13(17)10-12/h3-5,10,17H,6-9,11H2,1-2H3. The van der Waals surface area contributed by atoms with Crippen molar-refractivity contribution in [2.45, 2.75) is 25.8 Å². The Labute approximate surface area is 114 Å². The van der Waals surface area contributed by atoms with E-state index in [1.165, 1.54) is 0 Å². The van der Waals surface area contributed by atoms with Crippen LogP contribution in [0.25, 0.3) is 0 Å². The topological polar surface area (TPSA) is 49.8 Å². The molecule has 0 spiro atoms. The van der Waals surface area contributed by atoms with Gasteiger partial charge in [0.05, 0.1) is 18.8 Å². The van der Waals surface area contributed by atoms with Gasteiger partial charge in [0, 0.05) is 19.5 Å². The van der Waals surface area contributed by atoms with E-state index in [4.69, 9.17) is 4.74 Å². The van der Waals surface area contributed by atoms with E-state index in [2.05, 4.69) is 4.90 Å². The van der Waals surface area contributed by atoms with Crippen LogP contribution < -0.4 is 0 Å². The smallest absolute Gasteiger partial charge is 0.156 e. The van der Waals surface area contributed by atoms with Gasteiger partial charge in [-0.3, -0.25) is 9.69 Å². The number of carbonyl (C=O) groups excluding carboxylic acids is 1. The fraction of sp³-hybridized carbons (Fsp3) is 0.533. The lowest BCUT2D eigenvalue weighted by Crippen LogP contribution is -2.54. The van der Waals surface area contributed by atoms with Gasteiger partial charge in [-0.05, 0) is 31.5 Å². The van der Waals surface area contributed by atoms with Crippen molar-refractivity contribution in [2.75, 3.05) is 26.3 Å². The number of hydrogen-bond acceptors (Lipinski definition) is 4. The molecule has 1 aliphatic heterocycles. The molecule has 0 aliphatic carbocycles. The predicted molar refractivity (Wildman–Crippen MR) is 73.3 cm³/mol. The summed E-state index contributed by atoms with van der Waals surface area (Å²) in [5.41, 5.74) is 0.362. The Morgan fingerprint density at radius 1 is 1.37 bits per heavy atom. The van der Waals surface area contributed by atoms with Crippen molar-refractivity contribution in [3.63, 3.8) is 0 Å². The minimum Gasteiger partial charge on any atom is -0.508 e. The van der Waals surface area contributed by atoms with E-state index in [9.17, 15) is 9.90 Å². The molecule has 1 N–H and O–H groups in total. The van der Waals surface area contributed by atoms with Crippen molar-refractivity contribution < 1.29 is 14.6 Å². The van der Waals surface area contributed by atoms with Crippen LogP contribution in [0.4, 0.5) is 0 Å². The number of ketones is 1. The molecule has 4 nitrogen and oxygen atoms in total. The Bertz CT molecular complexity index is 450. The average molecular weight is 263 g/mol. The van der Waals surface area contributed by atoms with Crippen LogP contribution >= 0.6 is 0 Å². The second-order valence-electron chi connectivity index (χ2n) is 5.43. The minimum absolute atomic E-state index is 0.167. The lowest BCUT2D eigenvalue weighted by atomic mass is 9.91. The van der Waals surface area contributed by atoms with E-state index in [0.717, 1.165) is 18.7 Å². The molecule has 1 aromatic rings. The van der Waals surface area contributed by atoms with Crippen LogP contribution in [0.5, 0.6) is 5.75 Å². The molecular weight excluding hydrogens is 242 g/mol. The van der Waals surface area contributed by atoms with Crippen LogP contribution in [0.3, 0.4) is 0 Å². The van der Waals surface area contributed by atoms with Gasteiger partial charge < -0.3 is 9.84 Å². The maximum Gasteiger partial charge on any atom is 0.156 e.